The van der Waals surface area contributed by atoms with Crippen LogP contribution in [0, 0.1) is 3.57 Å². The van der Waals surface area contributed by atoms with Crippen LogP contribution in [0.4, 0.5) is 4.79 Å². The first-order valence-electron chi connectivity index (χ1n) is 9.89. The monoisotopic (exact) mass is 571 g/mol. The van der Waals surface area contributed by atoms with Crippen molar-refractivity contribution in [1.82, 2.24) is 4.90 Å². The maximum absolute atomic E-state index is 12.8. The van der Waals surface area contributed by atoms with Gasteiger partial charge in [0.1, 0.15) is 0 Å². The van der Waals surface area contributed by atoms with E-state index in [4.69, 9.17) is 9.47 Å². The Morgan fingerprint density at radius 1 is 1.00 bits per heavy atom. The largest absolute Gasteiger partial charge is 0.493 e. The summed E-state index contributed by atoms with van der Waals surface area (Å²) in [5, 5.41) is -0.315. The van der Waals surface area contributed by atoms with Crippen LogP contribution in [0.3, 0.4) is 0 Å². The molecule has 6 nitrogen and oxygen atoms in total. The van der Waals surface area contributed by atoms with Crippen molar-refractivity contribution in [3.05, 3.63) is 98.0 Å². The van der Waals surface area contributed by atoms with Crippen molar-refractivity contribution >= 4 is 57.5 Å². The number of thioether (sulfide) groups is 1. The summed E-state index contributed by atoms with van der Waals surface area (Å²) in [6.45, 7) is 0.219. The summed E-state index contributed by atoms with van der Waals surface area (Å²) in [4.78, 5) is 39.2. The molecule has 0 bridgehead atoms. The molecule has 33 heavy (non-hydrogen) atoms. The number of amides is 2. The van der Waals surface area contributed by atoms with Gasteiger partial charge >= 0.3 is 5.97 Å². The van der Waals surface area contributed by atoms with Gasteiger partial charge in [0.05, 0.1) is 24.1 Å². The van der Waals surface area contributed by atoms with Crippen LogP contribution in [-0.4, -0.2) is 29.1 Å². The molecule has 0 unspecified atom stereocenters. The zero-order valence-corrected chi connectivity index (χ0v) is 20.5. The van der Waals surface area contributed by atoms with Crippen molar-refractivity contribution in [3.8, 4) is 11.5 Å². The highest BCUT2D eigenvalue weighted by Crippen LogP contribution is 2.35. The van der Waals surface area contributed by atoms with Crippen LogP contribution in [0.2, 0.25) is 0 Å². The van der Waals surface area contributed by atoms with Gasteiger partial charge in [-0.2, -0.15) is 0 Å². The molecule has 0 saturated carbocycles. The Morgan fingerprint density at radius 3 is 2.42 bits per heavy atom. The van der Waals surface area contributed by atoms with E-state index in [1.807, 2.05) is 30.3 Å². The van der Waals surface area contributed by atoms with Crippen molar-refractivity contribution in [2.24, 2.45) is 0 Å². The summed E-state index contributed by atoms with van der Waals surface area (Å²) in [6, 6.07) is 21.3. The number of rotatable bonds is 6. The highest BCUT2D eigenvalue weighted by atomic mass is 127. The fourth-order valence-electron chi connectivity index (χ4n) is 3.15. The molecule has 1 aliphatic rings. The molecule has 1 fully saturated rings. The Morgan fingerprint density at radius 2 is 1.73 bits per heavy atom. The van der Waals surface area contributed by atoms with Crippen molar-refractivity contribution in [2.75, 3.05) is 7.11 Å². The fraction of sp³-hybridized carbons (Fsp3) is 0.0800. The number of ether oxygens (including phenoxy) is 2. The van der Waals surface area contributed by atoms with Gasteiger partial charge in [0.2, 0.25) is 0 Å². The third-order valence-electron chi connectivity index (χ3n) is 4.83. The van der Waals surface area contributed by atoms with Crippen molar-refractivity contribution in [2.45, 2.75) is 6.54 Å². The lowest BCUT2D eigenvalue weighted by atomic mass is 10.1. The summed E-state index contributed by atoms with van der Waals surface area (Å²) >= 11 is 3.10. The molecular weight excluding hydrogens is 553 g/mol. The van der Waals surface area contributed by atoms with E-state index in [0.717, 1.165) is 20.9 Å². The number of esters is 1. The molecule has 8 heteroatoms. The van der Waals surface area contributed by atoms with Crippen molar-refractivity contribution in [3.63, 3.8) is 0 Å². The number of halogens is 1. The predicted octanol–water partition coefficient (Wildman–Crippen LogP) is 5.76. The van der Waals surface area contributed by atoms with E-state index in [0.29, 0.717) is 21.8 Å². The van der Waals surface area contributed by atoms with Gasteiger partial charge in [-0.1, -0.05) is 36.4 Å². The Balaban J connectivity index is 1.51. The van der Waals surface area contributed by atoms with Gasteiger partial charge in [-0.25, -0.2) is 4.79 Å². The molecular formula is C25H18INO5S. The summed E-state index contributed by atoms with van der Waals surface area (Å²) in [6.07, 6.45) is 1.63. The van der Waals surface area contributed by atoms with E-state index in [1.165, 1.54) is 12.0 Å². The van der Waals surface area contributed by atoms with Crippen LogP contribution in [0.1, 0.15) is 21.5 Å². The summed E-state index contributed by atoms with van der Waals surface area (Å²) in [5.74, 6) is -0.248. The van der Waals surface area contributed by atoms with E-state index in [9.17, 15) is 14.4 Å². The molecule has 0 aliphatic carbocycles. The van der Waals surface area contributed by atoms with Crippen LogP contribution in [0.15, 0.2) is 77.7 Å². The third kappa shape index (κ3) is 5.45. The minimum Gasteiger partial charge on any atom is -0.493 e. The van der Waals surface area contributed by atoms with Crippen LogP contribution in [0.25, 0.3) is 6.08 Å². The van der Waals surface area contributed by atoms with Gasteiger partial charge in [-0.15, -0.1) is 0 Å². The molecule has 1 aliphatic heterocycles. The first kappa shape index (κ1) is 23.1. The molecule has 2 amide bonds. The second kappa shape index (κ2) is 10.2. The summed E-state index contributed by atoms with van der Waals surface area (Å²) in [7, 11) is 1.47. The zero-order chi connectivity index (χ0) is 23.4. The second-order valence-corrected chi connectivity index (χ2v) is 9.30. The average Bonchev–Trinajstić information content (AvgIpc) is 3.09. The lowest BCUT2D eigenvalue weighted by Gasteiger charge is -2.12. The van der Waals surface area contributed by atoms with E-state index in [-0.39, 0.29) is 23.4 Å². The normalized spacial score (nSPS) is 14.6. The van der Waals surface area contributed by atoms with Gasteiger partial charge < -0.3 is 9.47 Å². The average molecular weight is 571 g/mol. The van der Waals surface area contributed by atoms with Gasteiger partial charge in [-0.3, -0.25) is 14.5 Å². The number of imide groups is 1. The van der Waals surface area contributed by atoms with Crippen molar-refractivity contribution < 1.29 is 23.9 Å². The molecule has 4 rings (SSSR count). The third-order valence-corrected chi connectivity index (χ3v) is 6.45. The van der Waals surface area contributed by atoms with Crippen LogP contribution >= 0.6 is 34.4 Å². The summed E-state index contributed by atoms with van der Waals surface area (Å²) < 4.78 is 11.9. The number of methoxy groups -OCH3 is 1. The number of hydrogen-bond donors (Lipinski definition) is 0. The number of benzene rings is 3. The molecule has 0 spiro atoms. The standard InChI is InChI=1S/C25H18INO5S/c1-31-21-13-17(9-12-20(21)32-24(29)18-5-3-2-4-6-18)14-22-23(28)27(25(30)33-22)15-16-7-10-19(26)11-8-16/h2-14H,15H2,1H3/b22-14-. The topological polar surface area (TPSA) is 72.9 Å². The number of hydrogen-bond acceptors (Lipinski definition) is 6. The van der Waals surface area contributed by atoms with E-state index in [1.54, 1.807) is 48.5 Å². The smallest absolute Gasteiger partial charge is 0.343 e. The van der Waals surface area contributed by atoms with Gasteiger partial charge in [0.15, 0.2) is 11.5 Å². The lowest BCUT2D eigenvalue weighted by molar-refractivity contribution is -0.123. The maximum Gasteiger partial charge on any atom is 0.343 e. The first-order valence-corrected chi connectivity index (χ1v) is 11.8. The Labute approximate surface area is 208 Å². The predicted molar refractivity (Wildman–Crippen MR) is 135 cm³/mol. The van der Waals surface area contributed by atoms with Gasteiger partial charge in [0, 0.05) is 3.57 Å². The molecule has 0 N–H and O–H groups in total. The number of carbonyl (C=O) groups excluding carboxylic acids is 3. The second-order valence-electron chi connectivity index (χ2n) is 7.06. The zero-order valence-electron chi connectivity index (χ0n) is 17.5. The van der Waals surface area contributed by atoms with Crippen LogP contribution in [-0.2, 0) is 11.3 Å². The Kier molecular flexibility index (Phi) is 7.14. The fourth-order valence-corrected chi connectivity index (χ4v) is 4.35. The molecule has 0 atom stereocenters. The molecule has 0 aromatic heterocycles. The first-order chi connectivity index (χ1) is 15.9. The molecule has 1 saturated heterocycles. The number of carbonyl (C=O) groups is 3. The van der Waals surface area contributed by atoms with Gasteiger partial charge in [0.25, 0.3) is 11.1 Å². The molecule has 3 aromatic rings. The molecule has 1 heterocycles. The Bertz CT molecular complexity index is 1240. The number of nitrogens with zero attached hydrogens (tertiary/aromatic N) is 1. The van der Waals surface area contributed by atoms with E-state index < -0.39 is 5.97 Å². The summed E-state index contributed by atoms with van der Waals surface area (Å²) in [5.41, 5.74) is 1.95. The molecule has 166 valence electrons. The van der Waals surface area contributed by atoms with Crippen LogP contribution in [0.5, 0.6) is 11.5 Å². The minimum absolute atomic E-state index is 0.219. The molecule has 3 aromatic carbocycles. The van der Waals surface area contributed by atoms with Gasteiger partial charge in [-0.05, 0) is 88.0 Å². The quantitative estimate of drug-likeness (QED) is 0.162. The molecule has 0 radical (unpaired) electrons. The van der Waals surface area contributed by atoms with Crippen LogP contribution < -0.4 is 9.47 Å². The van der Waals surface area contributed by atoms with Crippen molar-refractivity contribution in [1.29, 1.82) is 0 Å². The highest BCUT2D eigenvalue weighted by molar-refractivity contribution is 14.1. The minimum atomic E-state index is -0.502. The lowest BCUT2D eigenvalue weighted by Crippen LogP contribution is -2.27. The van der Waals surface area contributed by atoms with E-state index in [2.05, 4.69) is 22.6 Å². The highest BCUT2D eigenvalue weighted by Gasteiger charge is 2.35. The SMILES string of the molecule is COc1cc(/C=C2\SC(=O)N(Cc3ccc(I)cc3)C2=O)ccc1OC(=O)c1ccccc1. The van der Waals surface area contributed by atoms with E-state index >= 15 is 0 Å². The maximum atomic E-state index is 12.8. The Hall–Kier alpha value is -3.11.